The molecule has 0 spiro atoms. The van der Waals surface area contributed by atoms with E-state index < -0.39 is 30.4 Å². The van der Waals surface area contributed by atoms with Gasteiger partial charge in [-0.15, -0.1) is 0 Å². The highest BCUT2D eigenvalue weighted by Gasteiger charge is 2.35. The Bertz CT molecular complexity index is 1140. The van der Waals surface area contributed by atoms with Gasteiger partial charge in [0.05, 0.1) is 20.3 Å². The van der Waals surface area contributed by atoms with Crippen LogP contribution in [-0.2, 0) is 20.9 Å². The van der Waals surface area contributed by atoms with Crippen molar-refractivity contribution in [1.82, 2.24) is 10.2 Å². The van der Waals surface area contributed by atoms with E-state index in [1.54, 1.807) is 36.4 Å². The largest absolute Gasteiger partial charge is 0.493 e. The zero-order valence-corrected chi connectivity index (χ0v) is 18.7. The molecule has 0 atom stereocenters. The third-order valence-electron chi connectivity index (χ3n) is 4.75. The maximum Gasteiger partial charge on any atom is 0.341 e. The van der Waals surface area contributed by atoms with Crippen LogP contribution in [0.25, 0.3) is 6.08 Å². The lowest BCUT2D eigenvalue weighted by atomic mass is 10.1. The molecule has 10 heteroatoms. The summed E-state index contributed by atoms with van der Waals surface area (Å²) in [6, 6.07) is 10.5. The summed E-state index contributed by atoms with van der Waals surface area (Å²) in [7, 11) is 1.49. The molecule has 0 radical (unpaired) electrons. The Labute approximate surface area is 195 Å². The molecule has 1 fully saturated rings. The Morgan fingerprint density at radius 2 is 1.88 bits per heavy atom. The number of aliphatic carboxylic acids is 1. The van der Waals surface area contributed by atoms with E-state index >= 15 is 0 Å². The van der Waals surface area contributed by atoms with Gasteiger partial charge in [0.1, 0.15) is 11.3 Å². The molecule has 3 rings (SSSR count). The zero-order valence-electron chi connectivity index (χ0n) is 18.7. The summed E-state index contributed by atoms with van der Waals surface area (Å²) in [5, 5.41) is 10.9. The average Bonchev–Trinajstić information content (AvgIpc) is 2.82. The van der Waals surface area contributed by atoms with E-state index in [0.717, 1.165) is 11.3 Å². The molecule has 10 nitrogen and oxygen atoms in total. The Morgan fingerprint density at radius 1 is 1.09 bits per heavy atom. The van der Waals surface area contributed by atoms with Gasteiger partial charge in [-0.1, -0.05) is 25.1 Å². The number of amides is 4. The number of carboxylic acid groups (broad SMARTS) is 1. The van der Waals surface area contributed by atoms with Crippen LogP contribution in [0.1, 0.15) is 24.5 Å². The quantitative estimate of drug-likeness (QED) is 0.402. The first kappa shape index (κ1) is 24.3. The number of carbonyl (C=O) groups excluding carboxylic acids is 3. The highest BCUT2D eigenvalue weighted by atomic mass is 16.5. The van der Waals surface area contributed by atoms with Gasteiger partial charge in [0.25, 0.3) is 11.8 Å². The smallest absolute Gasteiger partial charge is 0.341 e. The number of carbonyl (C=O) groups is 4. The van der Waals surface area contributed by atoms with Crippen molar-refractivity contribution in [3.63, 3.8) is 0 Å². The molecule has 2 aromatic rings. The first-order chi connectivity index (χ1) is 16.3. The second-order valence-electron chi connectivity index (χ2n) is 7.30. The van der Waals surface area contributed by atoms with Gasteiger partial charge in [0.15, 0.2) is 18.1 Å². The number of hydrogen-bond acceptors (Lipinski definition) is 7. The molecule has 1 heterocycles. The first-order valence-electron chi connectivity index (χ1n) is 10.5. The van der Waals surface area contributed by atoms with Gasteiger partial charge in [-0.25, -0.2) is 9.59 Å². The minimum absolute atomic E-state index is 0.0958. The summed E-state index contributed by atoms with van der Waals surface area (Å²) >= 11 is 0. The van der Waals surface area contributed by atoms with Crippen LogP contribution in [0.3, 0.4) is 0 Å². The van der Waals surface area contributed by atoms with E-state index in [-0.39, 0.29) is 17.9 Å². The predicted octanol–water partition coefficient (Wildman–Crippen LogP) is 2.61. The number of barbiturate groups is 1. The number of methoxy groups -OCH3 is 1. The summed E-state index contributed by atoms with van der Waals surface area (Å²) in [4.78, 5) is 49.4. The van der Waals surface area contributed by atoms with Crippen LogP contribution in [0.2, 0.25) is 0 Å². The molecule has 0 unspecified atom stereocenters. The van der Waals surface area contributed by atoms with Gasteiger partial charge < -0.3 is 19.3 Å². The Morgan fingerprint density at radius 3 is 2.59 bits per heavy atom. The van der Waals surface area contributed by atoms with Crippen LogP contribution in [0, 0.1) is 0 Å². The SMILES string of the molecule is CCCOc1ccc(CN2C(=O)NC(=O)/C(=C/c3cccc(OCC(=O)O)c3)C2=O)cc1OC. The summed E-state index contributed by atoms with van der Waals surface area (Å²) in [6.45, 7) is 1.86. The van der Waals surface area contributed by atoms with Gasteiger partial charge in [-0.05, 0) is 47.9 Å². The molecular formula is C24H24N2O8. The molecule has 178 valence electrons. The Kier molecular flexibility index (Phi) is 7.86. The average molecular weight is 468 g/mol. The fraction of sp³-hybridized carbons (Fsp3) is 0.250. The number of nitrogens with zero attached hydrogens (tertiary/aromatic N) is 1. The van der Waals surface area contributed by atoms with E-state index in [1.807, 2.05) is 6.92 Å². The maximum absolute atomic E-state index is 13.0. The molecule has 1 saturated heterocycles. The molecule has 0 aliphatic carbocycles. The molecule has 34 heavy (non-hydrogen) atoms. The lowest BCUT2D eigenvalue weighted by Crippen LogP contribution is -2.53. The Hall–Kier alpha value is -4.34. The third-order valence-corrected chi connectivity index (χ3v) is 4.75. The molecular weight excluding hydrogens is 444 g/mol. The topological polar surface area (TPSA) is 131 Å². The number of hydrogen-bond donors (Lipinski definition) is 2. The molecule has 0 saturated carbocycles. The van der Waals surface area contributed by atoms with E-state index in [0.29, 0.717) is 29.2 Å². The van der Waals surface area contributed by atoms with Gasteiger partial charge >= 0.3 is 12.0 Å². The van der Waals surface area contributed by atoms with E-state index in [4.69, 9.17) is 19.3 Å². The highest BCUT2D eigenvalue weighted by Crippen LogP contribution is 2.29. The van der Waals surface area contributed by atoms with E-state index in [1.165, 1.54) is 19.3 Å². The number of carboxylic acids is 1. The van der Waals surface area contributed by atoms with E-state index in [2.05, 4.69) is 5.32 Å². The lowest BCUT2D eigenvalue weighted by molar-refractivity contribution is -0.139. The van der Waals surface area contributed by atoms with Crippen molar-refractivity contribution < 1.29 is 38.5 Å². The van der Waals surface area contributed by atoms with Crippen molar-refractivity contribution in [3.05, 3.63) is 59.2 Å². The van der Waals surface area contributed by atoms with Crippen LogP contribution in [0.15, 0.2) is 48.0 Å². The normalized spacial score (nSPS) is 14.7. The molecule has 2 N–H and O–H groups in total. The highest BCUT2D eigenvalue weighted by molar-refractivity contribution is 6.30. The van der Waals surface area contributed by atoms with Crippen LogP contribution in [0.5, 0.6) is 17.2 Å². The van der Waals surface area contributed by atoms with Crippen molar-refractivity contribution in [2.24, 2.45) is 0 Å². The predicted molar refractivity (Wildman–Crippen MR) is 120 cm³/mol. The van der Waals surface area contributed by atoms with Gasteiger partial charge in [0.2, 0.25) is 0 Å². The Balaban J connectivity index is 1.82. The summed E-state index contributed by atoms with van der Waals surface area (Å²) in [6.07, 6.45) is 2.14. The number of benzene rings is 2. The molecule has 2 aromatic carbocycles. The molecule has 1 aliphatic heterocycles. The van der Waals surface area contributed by atoms with Crippen LogP contribution < -0.4 is 19.5 Å². The fourth-order valence-corrected chi connectivity index (χ4v) is 3.17. The van der Waals surface area contributed by atoms with E-state index in [9.17, 15) is 19.2 Å². The minimum Gasteiger partial charge on any atom is -0.493 e. The van der Waals surface area contributed by atoms with Crippen LogP contribution >= 0.6 is 0 Å². The van der Waals surface area contributed by atoms with Crippen molar-refractivity contribution in [2.75, 3.05) is 20.3 Å². The summed E-state index contributed by atoms with van der Waals surface area (Å²) < 4.78 is 16.1. The van der Waals surface area contributed by atoms with Crippen LogP contribution in [-0.4, -0.2) is 54.1 Å². The molecule has 0 bridgehead atoms. The van der Waals surface area contributed by atoms with Gasteiger partial charge in [-0.3, -0.25) is 19.8 Å². The first-order valence-corrected chi connectivity index (χ1v) is 10.5. The van der Waals surface area contributed by atoms with Gasteiger partial charge in [-0.2, -0.15) is 0 Å². The van der Waals surface area contributed by atoms with Gasteiger partial charge in [0, 0.05) is 0 Å². The summed E-state index contributed by atoms with van der Waals surface area (Å²) in [5.41, 5.74) is 0.779. The molecule has 1 aliphatic rings. The number of urea groups is 1. The van der Waals surface area contributed by atoms with Crippen molar-refractivity contribution in [2.45, 2.75) is 19.9 Å². The van der Waals surface area contributed by atoms with Crippen molar-refractivity contribution in [1.29, 1.82) is 0 Å². The number of nitrogens with one attached hydrogen (secondary N) is 1. The maximum atomic E-state index is 13.0. The fourth-order valence-electron chi connectivity index (χ4n) is 3.17. The number of rotatable bonds is 10. The molecule has 0 aromatic heterocycles. The minimum atomic E-state index is -1.14. The molecule has 4 amide bonds. The second kappa shape index (κ2) is 11.0. The van der Waals surface area contributed by atoms with Crippen molar-refractivity contribution in [3.8, 4) is 17.2 Å². The second-order valence-corrected chi connectivity index (χ2v) is 7.30. The summed E-state index contributed by atoms with van der Waals surface area (Å²) in [5.74, 6) is -1.48. The number of ether oxygens (including phenoxy) is 3. The zero-order chi connectivity index (χ0) is 24.7. The van der Waals surface area contributed by atoms with Crippen LogP contribution in [0.4, 0.5) is 4.79 Å². The number of imide groups is 2. The third kappa shape index (κ3) is 5.91. The lowest BCUT2D eigenvalue weighted by Gasteiger charge is -2.26. The van der Waals surface area contributed by atoms with Crippen molar-refractivity contribution >= 4 is 29.9 Å². The monoisotopic (exact) mass is 468 g/mol. The standard InChI is InChI=1S/C24H24N2O8/c1-3-9-33-19-8-7-16(12-20(19)32-2)13-26-23(30)18(22(29)25-24(26)31)11-15-5-4-6-17(10-15)34-14-21(27)28/h4-8,10-12H,3,9,13-14H2,1-2H3,(H,27,28)(H,25,29,31)/b18-11-.